The highest BCUT2D eigenvalue weighted by Gasteiger charge is 2.28. The maximum Gasteiger partial charge on any atom is 0.254 e. The van der Waals surface area contributed by atoms with Crippen LogP contribution in [0.5, 0.6) is 0 Å². The largest absolute Gasteiger partial charge is 0.364 e. The second-order valence-electron chi connectivity index (χ2n) is 11.2. The van der Waals surface area contributed by atoms with Crippen molar-refractivity contribution in [2.45, 2.75) is 58.7 Å². The molecule has 2 amide bonds. The molecule has 42 heavy (non-hydrogen) atoms. The second kappa shape index (κ2) is 14.1. The number of amides is 2. The molecule has 1 fully saturated rings. The Bertz CT molecular complexity index is 1370. The van der Waals surface area contributed by atoms with E-state index in [2.05, 4.69) is 32.0 Å². The van der Waals surface area contributed by atoms with Crippen molar-refractivity contribution in [1.82, 2.24) is 25.1 Å². The molecule has 4 rings (SSSR count). The highest BCUT2D eigenvalue weighted by atomic mass is 35.5. The lowest BCUT2D eigenvalue weighted by Crippen LogP contribution is -2.48. The average Bonchev–Trinajstić information content (AvgIpc) is 2.97. The number of aromatic nitrogens is 2. The number of carbonyl (C=O) groups excluding carboxylic acids is 2. The molecule has 1 atom stereocenters. The van der Waals surface area contributed by atoms with E-state index in [9.17, 15) is 14.0 Å². The van der Waals surface area contributed by atoms with E-state index in [4.69, 9.17) is 11.6 Å². The summed E-state index contributed by atoms with van der Waals surface area (Å²) in [6, 6.07) is 12.7. The van der Waals surface area contributed by atoms with Crippen molar-refractivity contribution < 1.29 is 14.0 Å². The lowest BCUT2D eigenvalue weighted by atomic mass is 9.99. The van der Waals surface area contributed by atoms with E-state index in [1.54, 1.807) is 31.1 Å². The van der Waals surface area contributed by atoms with Gasteiger partial charge in [-0.15, -0.1) is 0 Å². The van der Waals surface area contributed by atoms with Crippen LogP contribution in [0.15, 0.2) is 48.8 Å². The number of nitrogens with zero attached hydrogens (tertiary/aromatic N) is 5. The van der Waals surface area contributed by atoms with Gasteiger partial charge < -0.3 is 20.0 Å². The van der Waals surface area contributed by atoms with Crippen LogP contribution < -0.4 is 10.2 Å². The third-order valence-corrected chi connectivity index (χ3v) is 8.30. The van der Waals surface area contributed by atoms with Crippen molar-refractivity contribution in [2.24, 2.45) is 0 Å². The van der Waals surface area contributed by atoms with Gasteiger partial charge in [-0.2, -0.15) is 0 Å². The Labute approximate surface area is 252 Å². The lowest BCUT2D eigenvalue weighted by molar-refractivity contribution is 0.0827. The summed E-state index contributed by atoms with van der Waals surface area (Å²) in [6.45, 7) is 8.53. The van der Waals surface area contributed by atoms with Gasteiger partial charge in [0.05, 0.1) is 17.0 Å². The Kier molecular flexibility index (Phi) is 10.5. The minimum Gasteiger partial charge on any atom is -0.364 e. The van der Waals surface area contributed by atoms with E-state index in [0.717, 1.165) is 38.0 Å². The van der Waals surface area contributed by atoms with Gasteiger partial charge in [-0.3, -0.25) is 9.59 Å². The maximum absolute atomic E-state index is 14.8. The van der Waals surface area contributed by atoms with Gasteiger partial charge in [-0.1, -0.05) is 11.6 Å². The van der Waals surface area contributed by atoms with E-state index < -0.39 is 0 Å². The number of rotatable bonds is 10. The molecule has 3 aromatic rings. The highest BCUT2D eigenvalue weighted by molar-refractivity contribution is 6.30. The number of hydrogen-bond donors (Lipinski definition) is 1. The molecule has 1 saturated heterocycles. The van der Waals surface area contributed by atoms with Gasteiger partial charge in [0.15, 0.2) is 0 Å². The Balaban J connectivity index is 1.40. The summed E-state index contributed by atoms with van der Waals surface area (Å²) in [5.74, 6) is -0.488. The Morgan fingerprint density at radius 1 is 1.07 bits per heavy atom. The summed E-state index contributed by atoms with van der Waals surface area (Å²) < 4.78 is 14.8. The summed E-state index contributed by atoms with van der Waals surface area (Å²) >= 11 is 6.22. The van der Waals surface area contributed by atoms with Gasteiger partial charge in [-0.25, -0.2) is 14.4 Å². The Morgan fingerprint density at radius 3 is 2.33 bits per heavy atom. The van der Waals surface area contributed by atoms with Gasteiger partial charge in [0, 0.05) is 74.2 Å². The third-order valence-electron chi connectivity index (χ3n) is 8.06. The molecule has 224 valence electrons. The predicted octanol–water partition coefficient (Wildman–Crippen LogP) is 5.27. The molecule has 2 heterocycles. The SMILES string of the molecule is Cc1ncnc(C)c1C(=O)NCCC(C)N1CCC(N(Cc2cc(Cl)ccc2F)c2ccc(C(=O)N(C)C)cc2)CC1. The smallest absolute Gasteiger partial charge is 0.254 e. The van der Waals surface area contributed by atoms with Crippen molar-refractivity contribution in [3.8, 4) is 0 Å². The van der Waals surface area contributed by atoms with Gasteiger partial charge >= 0.3 is 0 Å². The lowest BCUT2D eigenvalue weighted by Gasteiger charge is -2.42. The first-order valence-electron chi connectivity index (χ1n) is 14.4. The summed E-state index contributed by atoms with van der Waals surface area (Å²) in [6.07, 6.45) is 4.09. The molecule has 0 saturated carbocycles. The highest BCUT2D eigenvalue weighted by Crippen LogP contribution is 2.29. The summed E-state index contributed by atoms with van der Waals surface area (Å²) in [5.41, 5.74) is 3.98. The number of hydrogen-bond acceptors (Lipinski definition) is 6. The van der Waals surface area contributed by atoms with Crippen LogP contribution in [-0.4, -0.2) is 77.4 Å². The number of anilines is 1. The van der Waals surface area contributed by atoms with Crippen LogP contribution in [0.4, 0.5) is 10.1 Å². The molecular formula is C32H40ClFN6O2. The second-order valence-corrected chi connectivity index (χ2v) is 11.6. The molecule has 1 aromatic heterocycles. The molecule has 1 unspecified atom stereocenters. The molecule has 0 spiro atoms. The topological polar surface area (TPSA) is 81.7 Å². The number of likely N-dealkylation sites (tertiary alicyclic amines) is 1. The van der Waals surface area contributed by atoms with Crippen molar-refractivity contribution in [1.29, 1.82) is 0 Å². The first-order chi connectivity index (χ1) is 20.0. The number of nitrogens with one attached hydrogen (secondary N) is 1. The molecule has 1 aliphatic heterocycles. The predicted molar refractivity (Wildman–Crippen MR) is 165 cm³/mol. The van der Waals surface area contributed by atoms with Crippen LogP contribution in [0, 0.1) is 19.7 Å². The van der Waals surface area contributed by atoms with Gasteiger partial charge in [0.1, 0.15) is 12.1 Å². The van der Waals surface area contributed by atoms with Crippen LogP contribution in [-0.2, 0) is 6.54 Å². The fourth-order valence-corrected chi connectivity index (χ4v) is 5.75. The molecule has 0 bridgehead atoms. The zero-order valence-electron chi connectivity index (χ0n) is 25.0. The Hall–Kier alpha value is -3.56. The van der Waals surface area contributed by atoms with Gasteiger partial charge in [-0.05, 0) is 82.5 Å². The van der Waals surface area contributed by atoms with Crippen LogP contribution in [0.3, 0.4) is 0 Å². The van der Waals surface area contributed by atoms with E-state index in [1.807, 2.05) is 38.1 Å². The summed E-state index contributed by atoms with van der Waals surface area (Å²) in [5, 5.41) is 3.53. The summed E-state index contributed by atoms with van der Waals surface area (Å²) in [4.78, 5) is 39.7. The number of benzene rings is 2. The van der Waals surface area contributed by atoms with Crippen molar-refractivity contribution in [3.63, 3.8) is 0 Å². The minimum absolute atomic E-state index is 0.0603. The zero-order chi connectivity index (χ0) is 30.4. The fourth-order valence-electron chi connectivity index (χ4n) is 5.56. The van der Waals surface area contributed by atoms with Crippen LogP contribution in [0.25, 0.3) is 0 Å². The number of piperidine rings is 1. The average molecular weight is 595 g/mol. The molecule has 0 radical (unpaired) electrons. The first-order valence-corrected chi connectivity index (χ1v) is 14.8. The van der Waals surface area contributed by atoms with Crippen LogP contribution >= 0.6 is 11.6 Å². The monoisotopic (exact) mass is 594 g/mol. The standard InChI is InChI=1S/C32H40ClFN6O2/c1-21(12-15-35-31(41)30-22(2)36-20-37-23(30)3)39-16-13-28(14-17-39)40(19-25-18-26(33)8-11-29(25)34)27-9-6-24(7-10-27)32(42)38(4)5/h6-11,18,20-21,28H,12-17,19H2,1-5H3,(H,35,41). The maximum atomic E-state index is 14.8. The van der Waals surface area contributed by atoms with E-state index in [-0.39, 0.29) is 29.7 Å². The molecular weight excluding hydrogens is 555 g/mol. The molecule has 8 nitrogen and oxygen atoms in total. The van der Waals surface area contributed by atoms with Gasteiger partial charge in [0.25, 0.3) is 11.8 Å². The van der Waals surface area contributed by atoms with Crippen LogP contribution in [0.1, 0.15) is 63.9 Å². The van der Waals surface area contributed by atoms with Gasteiger partial charge in [0.2, 0.25) is 0 Å². The van der Waals surface area contributed by atoms with Crippen molar-refractivity contribution >= 4 is 29.1 Å². The molecule has 0 aliphatic carbocycles. The normalized spacial score (nSPS) is 14.8. The molecule has 1 aliphatic rings. The molecule has 1 N–H and O–H groups in total. The van der Waals surface area contributed by atoms with E-state index in [1.165, 1.54) is 12.4 Å². The zero-order valence-corrected chi connectivity index (χ0v) is 25.8. The number of halogens is 2. The number of carbonyl (C=O) groups is 2. The van der Waals surface area contributed by atoms with Crippen molar-refractivity contribution in [3.05, 3.63) is 87.7 Å². The van der Waals surface area contributed by atoms with E-state index in [0.29, 0.717) is 46.2 Å². The minimum atomic E-state index is -0.288. The van der Waals surface area contributed by atoms with Crippen LogP contribution in [0.2, 0.25) is 5.02 Å². The third kappa shape index (κ3) is 7.63. The number of aryl methyl sites for hydroxylation is 2. The van der Waals surface area contributed by atoms with E-state index >= 15 is 0 Å². The molecule has 2 aromatic carbocycles. The summed E-state index contributed by atoms with van der Waals surface area (Å²) in [7, 11) is 3.46. The molecule has 10 heteroatoms. The quantitative estimate of drug-likeness (QED) is 0.345. The first kappa shape index (κ1) is 31.4. The fraction of sp³-hybridized carbons (Fsp3) is 0.438. The Morgan fingerprint density at radius 2 is 1.71 bits per heavy atom. The van der Waals surface area contributed by atoms with Crippen molar-refractivity contribution in [2.75, 3.05) is 38.6 Å².